The molecule has 1 heterocycles. The lowest BCUT2D eigenvalue weighted by atomic mass is 10.2. The van der Waals surface area contributed by atoms with Crippen LogP contribution in [0.25, 0.3) is 0 Å². The average Bonchev–Trinajstić information content (AvgIpc) is 3.72. The van der Waals surface area contributed by atoms with Crippen molar-refractivity contribution in [2.45, 2.75) is 32.0 Å². The number of nitroso groups, excluding NO2 is 1. The highest BCUT2D eigenvalue weighted by Crippen LogP contribution is 2.29. The van der Waals surface area contributed by atoms with E-state index in [1.165, 1.54) is 17.4 Å². The fraction of sp³-hybridized carbons (Fsp3) is 0.348. The third-order valence-electron chi connectivity index (χ3n) is 5.69. The smallest absolute Gasteiger partial charge is 0.353 e. The maximum atomic E-state index is 13.4. The van der Waals surface area contributed by atoms with Crippen molar-refractivity contribution < 1.29 is 9.57 Å². The summed E-state index contributed by atoms with van der Waals surface area (Å²) in [5.41, 5.74) is -0.527. The average molecular weight is 516 g/mol. The maximum absolute atomic E-state index is 13.4. The van der Waals surface area contributed by atoms with Crippen LogP contribution < -0.4 is 33.5 Å². The molecule has 0 unspecified atom stereocenters. The predicted molar refractivity (Wildman–Crippen MR) is 133 cm³/mol. The summed E-state index contributed by atoms with van der Waals surface area (Å²) < 4.78 is 8.53. The molecule has 1 saturated carbocycles. The molecule has 0 spiro atoms. The van der Waals surface area contributed by atoms with Crippen molar-refractivity contribution in [3.63, 3.8) is 0 Å². The van der Waals surface area contributed by atoms with Crippen LogP contribution >= 0.6 is 11.6 Å². The minimum atomic E-state index is -1.07. The number of aromatic nitrogens is 3. The van der Waals surface area contributed by atoms with E-state index in [0.717, 1.165) is 9.24 Å². The van der Waals surface area contributed by atoms with Crippen LogP contribution in [0.2, 0.25) is 5.02 Å². The zero-order valence-electron chi connectivity index (χ0n) is 19.3. The van der Waals surface area contributed by atoms with Gasteiger partial charge in [-0.05, 0) is 60.7 Å². The first-order valence-corrected chi connectivity index (χ1v) is 11.7. The van der Waals surface area contributed by atoms with Gasteiger partial charge in [-0.25, -0.2) is 25.0 Å². The number of hydrogen-bond acceptors (Lipinski definition) is 9. The first kappa shape index (κ1) is 25.4. The van der Waals surface area contributed by atoms with Gasteiger partial charge in [-0.2, -0.15) is 9.58 Å². The number of hydrogen-bond donors (Lipinski definition) is 2. The molecule has 12 nitrogen and oxygen atoms in total. The molecule has 1 aliphatic rings. The summed E-state index contributed by atoms with van der Waals surface area (Å²) in [4.78, 5) is 46.5. The first-order valence-electron chi connectivity index (χ1n) is 11.3. The van der Waals surface area contributed by atoms with Gasteiger partial charge in [0.05, 0.1) is 32.0 Å². The topological polar surface area (TPSA) is 161 Å². The van der Waals surface area contributed by atoms with E-state index >= 15 is 0 Å². The molecule has 1 aromatic heterocycles. The lowest BCUT2D eigenvalue weighted by Crippen LogP contribution is -2.58. The van der Waals surface area contributed by atoms with E-state index in [1.807, 2.05) is 0 Å². The molecule has 2 aromatic carbocycles. The van der Waals surface area contributed by atoms with Crippen LogP contribution in [0.3, 0.4) is 0 Å². The molecule has 4 N–H and O–H groups in total. The van der Waals surface area contributed by atoms with Gasteiger partial charge in [0, 0.05) is 5.02 Å². The molecular formula is C23H26ClN7O5. The number of ether oxygens (including phenoxy) is 1. The second kappa shape index (κ2) is 11.3. The normalized spacial score (nSPS) is 14.6. The summed E-state index contributed by atoms with van der Waals surface area (Å²) in [5.74, 6) is 12.5. The number of nitrogen functional groups attached to an aromatic ring is 1. The lowest BCUT2D eigenvalue weighted by molar-refractivity contribution is 0.118. The largest absolute Gasteiger partial charge is 0.493 e. The maximum Gasteiger partial charge on any atom is 0.353 e. The van der Waals surface area contributed by atoms with Crippen LogP contribution in [-0.2, 0) is 17.9 Å². The van der Waals surface area contributed by atoms with E-state index < -0.39 is 17.4 Å². The Morgan fingerprint density at radius 1 is 1.03 bits per heavy atom. The van der Waals surface area contributed by atoms with E-state index in [2.05, 4.69) is 15.0 Å². The first-order chi connectivity index (χ1) is 17.4. The molecule has 1 aliphatic carbocycles. The fourth-order valence-electron chi connectivity index (χ4n) is 3.51. The van der Waals surface area contributed by atoms with E-state index in [9.17, 15) is 14.5 Å². The van der Waals surface area contributed by atoms with Crippen molar-refractivity contribution in [1.29, 1.82) is 0 Å². The number of nitrogens with two attached hydrogens (primary N) is 2. The molecule has 1 fully saturated rings. The fourth-order valence-corrected chi connectivity index (χ4v) is 3.64. The minimum Gasteiger partial charge on any atom is -0.493 e. The van der Waals surface area contributed by atoms with E-state index in [1.54, 1.807) is 48.5 Å². The molecule has 36 heavy (non-hydrogen) atoms. The third-order valence-corrected chi connectivity index (χ3v) is 5.94. The van der Waals surface area contributed by atoms with Gasteiger partial charge in [-0.15, -0.1) is 0 Å². The Morgan fingerprint density at radius 3 is 2.33 bits per heavy atom. The highest BCUT2D eigenvalue weighted by atomic mass is 35.5. The zero-order chi connectivity index (χ0) is 25.7. The van der Waals surface area contributed by atoms with Crippen molar-refractivity contribution in [3.05, 3.63) is 90.6 Å². The summed E-state index contributed by atoms with van der Waals surface area (Å²) in [5, 5.41) is 3.40. The van der Waals surface area contributed by atoms with Gasteiger partial charge in [0.15, 0.2) is 0 Å². The Hall–Kier alpha value is -3.74. The van der Waals surface area contributed by atoms with E-state index in [4.69, 9.17) is 28.1 Å². The number of nitrogens with zero attached hydrogens (tertiary/aromatic N) is 5. The Balaban J connectivity index is 1.78. The van der Waals surface area contributed by atoms with Crippen LogP contribution in [0.5, 0.6) is 5.75 Å². The van der Waals surface area contributed by atoms with Crippen LogP contribution in [0, 0.1) is 10.8 Å². The second-order valence-corrected chi connectivity index (χ2v) is 8.95. The van der Waals surface area contributed by atoms with Gasteiger partial charge >= 0.3 is 11.4 Å². The summed E-state index contributed by atoms with van der Waals surface area (Å²) in [6.45, 7) is 0.0490. The quantitative estimate of drug-likeness (QED) is 0.221. The monoisotopic (exact) mass is 515 g/mol. The van der Waals surface area contributed by atoms with Crippen LogP contribution in [0.15, 0.2) is 68.3 Å². The van der Waals surface area contributed by atoms with Crippen LogP contribution in [-0.4, -0.2) is 33.1 Å². The van der Waals surface area contributed by atoms with Crippen molar-refractivity contribution in [3.8, 4) is 5.75 Å². The molecule has 0 amide bonds. The van der Waals surface area contributed by atoms with Crippen molar-refractivity contribution in [2.75, 3.05) is 19.1 Å². The summed E-state index contributed by atoms with van der Waals surface area (Å²) in [6, 6.07) is 12.7. The number of rotatable bonds is 11. The zero-order valence-corrected chi connectivity index (χ0v) is 20.1. The van der Waals surface area contributed by atoms with Crippen LogP contribution in [0.1, 0.15) is 18.4 Å². The van der Waals surface area contributed by atoms with Gasteiger partial charge in [-0.1, -0.05) is 28.9 Å². The third kappa shape index (κ3) is 6.08. The summed E-state index contributed by atoms with van der Waals surface area (Å²) >= 11 is 5.99. The molecule has 190 valence electrons. The molecule has 0 bridgehead atoms. The van der Waals surface area contributed by atoms with Crippen molar-refractivity contribution >= 4 is 17.3 Å². The Labute approximate surface area is 210 Å². The van der Waals surface area contributed by atoms with Gasteiger partial charge in [0.2, 0.25) is 5.62 Å². The molecule has 0 aliphatic heterocycles. The molecule has 4 rings (SSSR count). The lowest BCUT2D eigenvalue weighted by Gasteiger charge is -2.15. The molecule has 0 radical (unpaired) electrons. The summed E-state index contributed by atoms with van der Waals surface area (Å²) in [6.07, 6.45) is 2.37. The van der Waals surface area contributed by atoms with Crippen LogP contribution in [0.4, 0.5) is 5.69 Å². The highest BCUT2D eigenvalue weighted by Gasteiger charge is 2.22. The van der Waals surface area contributed by atoms with Gasteiger partial charge in [0.1, 0.15) is 11.8 Å². The Kier molecular flexibility index (Phi) is 7.98. The standard InChI is InChI=1S/C23H26ClN7O5/c24-17-5-3-15(4-6-17)11-29-21(27-18-7-9-20(10-8-18)35-13-16-1-2-16)31(25)23(33)30(22(29)32)12-19(28-34)14-36-26/h3-10,16,19H,1-2,11-14,25-26H2/t19-/m0/s1. The number of benzene rings is 2. The van der Waals surface area contributed by atoms with Gasteiger partial charge in [0.25, 0.3) is 0 Å². The predicted octanol–water partition coefficient (Wildman–Crippen LogP) is 1.27. The molecular weight excluding hydrogens is 490 g/mol. The SMILES string of the molecule is NOC[C@H](Cn1c(=O)n(N)c(=Nc2ccc(OCC3CC3)cc2)n(Cc2ccc(Cl)cc2)c1=O)N=O. The van der Waals surface area contributed by atoms with Crippen molar-refractivity contribution in [2.24, 2.45) is 22.0 Å². The summed E-state index contributed by atoms with van der Waals surface area (Å²) in [7, 11) is 0. The second-order valence-electron chi connectivity index (χ2n) is 8.51. The molecule has 13 heteroatoms. The molecule has 1 atom stereocenters. The Bertz CT molecular complexity index is 1390. The van der Waals surface area contributed by atoms with Gasteiger partial charge < -0.3 is 15.4 Å². The van der Waals surface area contributed by atoms with E-state index in [-0.39, 0.29) is 25.3 Å². The molecule has 0 saturated heterocycles. The Morgan fingerprint density at radius 2 is 1.72 bits per heavy atom. The number of halogens is 1. The molecule has 3 aromatic rings. The van der Waals surface area contributed by atoms with E-state index in [0.29, 0.717) is 34.5 Å². The van der Waals surface area contributed by atoms with Gasteiger partial charge in [-0.3, -0.25) is 4.57 Å². The minimum absolute atomic E-state index is 0.0292. The van der Waals surface area contributed by atoms with Crippen molar-refractivity contribution in [1.82, 2.24) is 13.8 Å². The highest BCUT2D eigenvalue weighted by molar-refractivity contribution is 6.30.